The zero-order chi connectivity index (χ0) is 18.2. The number of benzene rings is 1. The van der Waals surface area contributed by atoms with Crippen LogP contribution in [-0.2, 0) is 16.0 Å². The van der Waals surface area contributed by atoms with E-state index in [2.05, 4.69) is 26.6 Å². The fourth-order valence-corrected chi connectivity index (χ4v) is 7.28. The van der Waals surface area contributed by atoms with E-state index in [4.69, 9.17) is 0 Å². The van der Waals surface area contributed by atoms with Gasteiger partial charge in [-0.15, -0.1) is 0 Å². The Hall–Kier alpha value is -1.36. The molecule has 0 heterocycles. The van der Waals surface area contributed by atoms with Gasteiger partial charge in [-0.25, -0.2) is 0 Å². The van der Waals surface area contributed by atoms with Crippen LogP contribution in [0.2, 0.25) is 0 Å². The third-order valence-electron chi connectivity index (χ3n) is 6.41. The first-order valence-electron chi connectivity index (χ1n) is 9.74. The van der Waals surface area contributed by atoms with E-state index in [1.54, 1.807) is 0 Å². The van der Waals surface area contributed by atoms with Crippen LogP contribution in [-0.4, -0.2) is 29.2 Å². The second kappa shape index (κ2) is 6.99. The maximum absolute atomic E-state index is 12.9. The quantitative estimate of drug-likeness (QED) is 0.550. The number of carbonyl (C=O) groups is 2. The number of rotatable bonds is 6. The van der Waals surface area contributed by atoms with Crippen LogP contribution in [0.5, 0.6) is 0 Å². The summed E-state index contributed by atoms with van der Waals surface area (Å²) in [6.45, 7) is 0.992. The number of hydrogen-bond acceptors (Lipinski definition) is 2. The second-order valence-corrected chi connectivity index (χ2v) is 10.3. The Labute approximate surface area is 163 Å². The fraction of sp³-hybridized carbons (Fsp3) is 0.619. The molecule has 4 aliphatic rings. The molecule has 2 atom stereocenters. The van der Waals surface area contributed by atoms with Gasteiger partial charge < -0.3 is 10.6 Å². The lowest BCUT2D eigenvalue weighted by atomic mass is 9.49. The Balaban J connectivity index is 1.24. The summed E-state index contributed by atoms with van der Waals surface area (Å²) in [4.78, 5) is 24.9. The largest absolute Gasteiger partial charge is 0.354 e. The lowest BCUT2D eigenvalue weighted by Gasteiger charge is -2.59. The topological polar surface area (TPSA) is 58.2 Å². The van der Waals surface area contributed by atoms with E-state index in [0.717, 1.165) is 24.8 Å². The molecule has 4 saturated carbocycles. The molecule has 1 aromatic carbocycles. The molecule has 5 rings (SSSR count). The Morgan fingerprint density at radius 2 is 1.65 bits per heavy atom. The molecule has 5 heteroatoms. The van der Waals surface area contributed by atoms with Crippen LogP contribution < -0.4 is 10.6 Å². The molecule has 0 radical (unpaired) electrons. The number of carbonyl (C=O) groups excluding carboxylic acids is 2. The molecule has 4 bridgehead atoms. The molecular formula is C21H27BrN2O2. The SMILES string of the molecule is O=C(Cc1ccccc1)NCCNC(=O)C12CC3CC(CC(Br)(C3)C1)C2. The average molecular weight is 419 g/mol. The van der Waals surface area contributed by atoms with Crippen LogP contribution in [0.3, 0.4) is 0 Å². The zero-order valence-electron chi connectivity index (χ0n) is 15.1. The van der Waals surface area contributed by atoms with Gasteiger partial charge in [0.05, 0.1) is 11.8 Å². The van der Waals surface area contributed by atoms with Crippen LogP contribution in [0.1, 0.15) is 44.1 Å². The zero-order valence-corrected chi connectivity index (χ0v) is 16.7. The average Bonchev–Trinajstić information content (AvgIpc) is 2.57. The summed E-state index contributed by atoms with van der Waals surface area (Å²) in [6, 6.07) is 9.71. The van der Waals surface area contributed by atoms with Gasteiger partial charge in [0.15, 0.2) is 0 Å². The van der Waals surface area contributed by atoms with Crippen molar-refractivity contribution in [2.45, 2.75) is 49.3 Å². The predicted octanol–water partition coefficient (Wildman–Crippen LogP) is 3.20. The predicted molar refractivity (Wildman–Crippen MR) is 105 cm³/mol. The monoisotopic (exact) mass is 418 g/mol. The molecule has 2 amide bonds. The van der Waals surface area contributed by atoms with Crippen molar-refractivity contribution in [1.82, 2.24) is 10.6 Å². The molecule has 0 aromatic heterocycles. The van der Waals surface area contributed by atoms with E-state index in [9.17, 15) is 9.59 Å². The molecular weight excluding hydrogens is 392 g/mol. The Kier molecular flexibility index (Phi) is 4.84. The minimum atomic E-state index is -0.179. The number of amides is 2. The second-order valence-electron chi connectivity index (χ2n) is 8.66. The molecule has 4 nitrogen and oxygen atoms in total. The van der Waals surface area contributed by atoms with E-state index in [-0.39, 0.29) is 21.6 Å². The van der Waals surface area contributed by atoms with Crippen LogP contribution in [0.15, 0.2) is 30.3 Å². The van der Waals surface area contributed by atoms with Gasteiger partial charge >= 0.3 is 0 Å². The summed E-state index contributed by atoms with van der Waals surface area (Å²) in [6.07, 6.45) is 7.21. The summed E-state index contributed by atoms with van der Waals surface area (Å²) in [5.41, 5.74) is 0.826. The van der Waals surface area contributed by atoms with Crippen LogP contribution in [0.4, 0.5) is 0 Å². The van der Waals surface area contributed by atoms with Crippen LogP contribution in [0.25, 0.3) is 0 Å². The van der Waals surface area contributed by atoms with Crippen molar-refractivity contribution < 1.29 is 9.59 Å². The van der Waals surface area contributed by atoms with E-state index >= 15 is 0 Å². The summed E-state index contributed by atoms with van der Waals surface area (Å²) in [5, 5.41) is 6.01. The maximum Gasteiger partial charge on any atom is 0.226 e. The van der Waals surface area contributed by atoms with Crippen molar-refractivity contribution in [1.29, 1.82) is 0 Å². The molecule has 0 aliphatic heterocycles. The summed E-state index contributed by atoms with van der Waals surface area (Å²) in [5.74, 6) is 1.60. The molecule has 0 saturated heterocycles. The Morgan fingerprint density at radius 1 is 1.00 bits per heavy atom. The first-order valence-corrected chi connectivity index (χ1v) is 10.5. The van der Waals surface area contributed by atoms with Crippen LogP contribution >= 0.6 is 15.9 Å². The smallest absolute Gasteiger partial charge is 0.226 e. The summed E-state index contributed by atoms with van der Waals surface area (Å²) >= 11 is 3.96. The Morgan fingerprint density at radius 3 is 2.31 bits per heavy atom. The van der Waals surface area contributed by atoms with Crippen molar-refractivity contribution in [2.24, 2.45) is 17.3 Å². The minimum absolute atomic E-state index is 0.000311. The third kappa shape index (κ3) is 3.68. The van der Waals surface area contributed by atoms with Gasteiger partial charge in [0, 0.05) is 17.4 Å². The van der Waals surface area contributed by atoms with Crippen LogP contribution in [0, 0.1) is 17.3 Å². The van der Waals surface area contributed by atoms with Gasteiger partial charge in [-0.3, -0.25) is 9.59 Å². The van der Waals surface area contributed by atoms with Crippen molar-refractivity contribution in [2.75, 3.05) is 13.1 Å². The molecule has 2 unspecified atom stereocenters. The maximum atomic E-state index is 12.9. The number of halogens is 1. The number of nitrogens with one attached hydrogen (secondary N) is 2. The molecule has 140 valence electrons. The highest BCUT2D eigenvalue weighted by Crippen LogP contribution is 2.64. The van der Waals surface area contributed by atoms with E-state index in [1.807, 2.05) is 30.3 Å². The fourth-order valence-electron chi connectivity index (χ4n) is 5.83. The Bertz CT molecular complexity index is 677. The molecule has 4 aliphatic carbocycles. The van der Waals surface area contributed by atoms with Gasteiger partial charge in [0.2, 0.25) is 11.8 Å². The molecule has 1 aromatic rings. The van der Waals surface area contributed by atoms with E-state index in [1.165, 1.54) is 19.3 Å². The van der Waals surface area contributed by atoms with Gasteiger partial charge in [0.1, 0.15) is 0 Å². The normalized spacial score (nSPS) is 34.5. The molecule has 26 heavy (non-hydrogen) atoms. The standard InChI is InChI=1S/C21H27BrN2O2/c22-21-12-16-8-17(13-21)11-20(10-16,14-21)19(26)24-7-6-23-18(25)9-15-4-2-1-3-5-15/h1-5,16-17H,6-14H2,(H,23,25)(H,24,26). The third-order valence-corrected chi connectivity index (χ3v) is 7.34. The minimum Gasteiger partial charge on any atom is -0.354 e. The molecule has 4 fully saturated rings. The van der Waals surface area contributed by atoms with Crippen molar-refractivity contribution in [3.05, 3.63) is 35.9 Å². The van der Waals surface area contributed by atoms with Gasteiger partial charge in [0.25, 0.3) is 0 Å². The molecule has 2 N–H and O–H groups in total. The lowest BCUT2D eigenvalue weighted by Crippen LogP contribution is -2.58. The van der Waals surface area contributed by atoms with Crippen molar-refractivity contribution in [3.63, 3.8) is 0 Å². The number of alkyl halides is 1. The van der Waals surface area contributed by atoms with Crippen molar-refractivity contribution in [3.8, 4) is 0 Å². The van der Waals surface area contributed by atoms with Gasteiger partial charge in [-0.1, -0.05) is 46.3 Å². The number of hydrogen-bond donors (Lipinski definition) is 2. The van der Waals surface area contributed by atoms with E-state index in [0.29, 0.717) is 31.3 Å². The highest BCUT2D eigenvalue weighted by atomic mass is 79.9. The van der Waals surface area contributed by atoms with Crippen molar-refractivity contribution >= 4 is 27.7 Å². The first-order chi connectivity index (χ1) is 12.5. The summed E-state index contributed by atoms with van der Waals surface area (Å²) < 4.78 is 0.193. The lowest BCUT2D eigenvalue weighted by molar-refractivity contribution is -0.144. The molecule has 0 spiro atoms. The highest BCUT2D eigenvalue weighted by Gasteiger charge is 2.59. The summed E-state index contributed by atoms with van der Waals surface area (Å²) in [7, 11) is 0. The van der Waals surface area contributed by atoms with E-state index < -0.39 is 0 Å². The van der Waals surface area contributed by atoms with Gasteiger partial charge in [-0.05, 0) is 55.9 Å². The highest BCUT2D eigenvalue weighted by molar-refractivity contribution is 9.10. The van der Waals surface area contributed by atoms with Gasteiger partial charge in [-0.2, -0.15) is 0 Å². The first kappa shape index (κ1) is 18.0.